The highest BCUT2D eigenvalue weighted by molar-refractivity contribution is 5.42. The minimum Gasteiger partial charge on any atom is -0.354 e. The summed E-state index contributed by atoms with van der Waals surface area (Å²) in [4.78, 5) is 9.11. The number of aromatic nitrogens is 1. The van der Waals surface area contributed by atoms with Crippen molar-refractivity contribution < 1.29 is 0 Å². The lowest BCUT2D eigenvalue weighted by molar-refractivity contribution is 0.199. The van der Waals surface area contributed by atoms with Crippen LogP contribution < -0.4 is 4.90 Å². The smallest absolute Gasteiger partial charge is 0.128 e. The van der Waals surface area contributed by atoms with E-state index in [0.717, 1.165) is 32.0 Å². The van der Waals surface area contributed by atoms with Crippen LogP contribution in [-0.4, -0.2) is 42.1 Å². The molecule has 1 saturated heterocycles. The summed E-state index contributed by atoms with van der Waals surface area (Å²) in [6.07, 6.45) is 1.65. The number of nitrogens with zero attached hydrogens (tertiary/aromatic N) is 4. The van der Waals surface area contributed by atoms with E-state index >= 15 is 0 Å². The molecule has 1 atom stereocenters. The summed E-state index contributed by atoms with van der Waals surface area (Å²) in [6, 6.07) is 6.42. The van der Waals surface area contributed by atoms with E-state index in [4.69, 9.17) is 5.26 Å². The van der Waals surface area contributed by atoms with Gasteiger partial charge < -0.3 is 4.90 Å². The molecule has 1 fully saturated rings. The first-order valence-electron chi connectivity index (χ1n) is 6.09. The molecule has 1 aromatic rings. The summed E-state index contributed by atoms with van der Waals surface area (Å²) in [5.41, 5.74) is 0.619. The van der Waals surface area contributed by atoms with Gasteiger partial charge in [-0.3, -0.25) is 4.90 Å². The fourth-order valence-corrected chi connectivity index (χ4v) is 2.31. The van der Waals surface area contributed by atoms with Crippen LogP contribution in [-0.2, 0) is 0 Å². The number of anilines is 1. The topological polar surface area (TPSA) is 43.2 Å². The van der Waals surface area contributed by atoms with Gasteiger partial charge in [0.25, 0.3) is 0 Å². The SMILES string of the molecule is CCN1CCN(c2ccc(C#N)cn2)CC1C. The van der Waals surface area contributed by atoms with Gasteiger partial charge in [-0.15, -0.1) is 0 Å². The third-order valence-electron chi connectivity index (χ3n) is 3.37. The molecule has 0 saturated carbocycles. The summed E-state index contributed by atoms with van der Waals surface area (Å²) in [6.45, 7) is 8.66. The number of piperazine rings is 1. The summed E-state index contributed by atoms with van der Waals surface area (Å²) in [5, 5.41) is 8.74. The second kappa shape index (κ2) is 5.15. The Morgan fingerprint density at radius 2 is 2.29 bits per heavy atom. The molecule has 90 valence electrons. The van der Waals surface area contributed by atoms with Crippen molar-refractivity contribution in [2.45, 2.75) is 19.9 Å². The zero-order valence-corrected chi connectivity index (χ0v) is 10.4. The molecule has 1 aliphatic heterocycles. The van der Waals surface area contributed by atoms with Gasteiger partial charge in [-0.25, -0.2) is 4.98 Å². The highest BCUT2D eigenvalue weighted by Gasteiger charge is 2.22. The van der Waals surface area contributed by atoms with Crippen LogP contribution in [0, 0.1) is 11.3 Å². The summed E-state index contributed by atoms with van der Waals surface area (Å²) < 4.78 is 0. The van der Waals surface area contributed by atoms with E-state index in [1.807, 2.05) is 12.1 Å². The minimum absolute atomic E-state index is 0.561. The molecule has 1 aromatic heterocycles. The Hall–Kier alpha value is -1.60. The van der Waals surface area contributed by atoms with Gasteiger partial charge in [0.2, 0.25) is 0 Å². The molecule has 0 aliphatic carbocycles. The van der Waals surface area contributed by atoms with E-state index in [-0.39, 0.29) is 0 Å². The molecule has 0 aromatic carbocycles. The number of rotatable bonds is 2. The third-order valence-corrected chi connectivity index (χ3v) is 3.37. The molecule has 4 nitrogen and oxygen atoms in total. The van der Waals surface area contributed by atoms with Gasteiger partial charge in [0, 0.05) is 31.9 Å². The van der Waals surface area contributed by atoms with Crippen molar-refractivity contribution in [3.8, 4) is 6.07 Å². The quantitative estimate of drug-likeness (QED) is 0.772. The van der Waals surface area contributed by atoms with Crippen molar-refractivity contribution in [2.24, 2.45) is 0 Å². The van der Waals surface area contributed by atoms with Gasteiger partial charge in [-0.05, 0) is 25.6 Å². The van der Waals surface area contributed by atoms with Crippen LogP contribution >= 0.6 is 0 Å². The van der Waals surface area contributed by atoms with E-state index < -0.39 is 0 Å². The lowest BCUT2D eigenvalue weighted by Gasteiger charge is -2.39. The van der Waals surface area contributed by atoms with E-state index in [0.29, 0.717) is 11.6 Å². The van der Waals surface area contributed by atoms with E-state index in [2.05, 4.69) is 34.7 Å². The maximum absolute atomic E-state index is 8.74. The summed E-state index contributed by atoms with van der Waals surface area (Å²) in [7, 11) is 0. The van der Waals surface area contributed by atoms with Gasteiger partial charge in [0.05, 0.1) is 5.56 Å². The Balaban J connectivity index is 2.06. The van der Waals surface area contributed by atoms with Crippen LogP contribution in [0.3, 0.4) is 0 Å². The summed E-state index contributed by atoms with van der Waals surface area (Å²) in [5.74, 6) is 0.978. The van der Waals surface area contributed by atoms with Crippen molar-refractivity contribution in [1.82, 2.24) is 9.88 Å². The normalized spacial score (nSPS) is 21.2. The zero-order chi connectivity index (χ0) is 12.3. The standard InChI is InChI=1S/C13H18N4/c1-3-16-6-7-17(10-11(16)2)13-5-4-12(8-14)9-15-13/h4-5,9,11H,3,6-7,10H2,1-2H3. The lowest BCUT2D eigenvalue weighted by Crippen LogP contribution is -2.51. The molecule has 1 unspecified atom stereocenters. The molecule has 1 aliphatic rings. The van der Waals surface area contributed by atoms with Crippen LogP contribution in [0.15, 0.2) is 18.3 Å². The largest absolute Gasteiger partial charge is 0.354 e. The summed E-state index contributed by atoms with van der Waals surface area (Å²) >= 11 is 0. The van der Waals surface area contributed by atoms with Crippen molar-refractivity contribution in [1.29, 1.82) is 5.26 Å². The van der Waals surface area contributed by atoms with Crippen LogP contribution in [0.1, 0.15) is 19.4 Å². The molecule has 2 heterocycles. The Morgan fingerprint density at radius 1 is 1.47 bits per heavy atom. The molecular weight excluding hydrogens is 212 g/mol. The monoisotopic (exact) mass is 230 g/mol. The Bertz CT molecular complexity index is 406. The average Bonchev–Trinajstić information content (AvgIpc) is 2.39. The van der Waals surface area contributed by atoms with Crippen LogP contribution in [0.25, 0.3) is 0 Å². The maximum atomic E-state index is 8.74. The molecule has 0 spiro atoms. The van der Waals surface area contributed by atoms with Gasteiger partial charge in [0.1, 0.15) is 11.9 Å². The first-order chi connectivity index (χ1) is 8.24. The van der Waals surface area contributed by atoms with Crippen molar-refractivity contribution >= 4 is 5.82 Å². The second-order valence-corrected chi connectivity index (χ2v) is 4.44. The Labute approximate surface area is 102 Å². The first kappa shape index (κ1) is 11.9. The second-order valence-electron chi connectivity index (χ2n) is 4.44. The highest BCUT2D eigenvalue weighted by atomic mass is 15.3. The zero-order valence-electron chi connectivity index (χ0n) is 10.4. The molecule has 0 radical (unpaired) electrons. The molecule has 0 bridgehead atoms. The fourth-order valence-electron chi connectivity index (χ4n) is 2.31. The maximum Gasteiger partial charge on any atom is 0.128 e. The van der Waals surface area contributed by atoms with Gasteiger partial charge in [-0.1, -0.05) is 6.92 Å². The predicted molar refractivity (Wildman–Crippen MR) is 67.9 cm³/mol. The van der Waals surface area contributed by atoms with Gasteiger partial charge in [-0.2, -0.15) is 5.26 Å². The Kier molecular flexibility index (Phi) is 3.60. The van der Waals surface area contributed by atoms with Gasteiger partial charge >= 0.3 is 0 Å². The van der Waals surface area contributed by atoms with E-state index in [9.17, 15) is 0 Å². The fraction of sp³-hybridized carbons (Fsp3) is 0.538. The predicted octanol–water partition coefficient (Wildman–Crippen LogP) is 1.48. The van der Waals surface area contributed by atoms with Crippen LogP contribution in [0.5, 0.6) is 0 Å². The van der Waals surface area contributed by atoms with E-state index in [1.165, 1.54) is 0 Å². The minimum atomic E-state index is 0.561. The Morgan fingerprint density at radius 3 is 2.82 bits per heavy atom. The molecule has 17 heavy (non-hydrogen) atoms. The number of hydrogen-bond donors (Lipinski definition) is 0. The molecule has 2 rings (SSSR count). The van der Waals surface area contributed by atoms with Crippen LogP contribution in [0.4, 0.5) is 5.82 Å². The van der Waals surface area contributed by atoms with Crippen molar-refractivity contribution in [3.63, 3.8) is 0 Å². The van der Waals surface area contributed by atoms with E-state index in [1.54, 1.807) is 6.20 Å². The lowest BCUT2D eigenvalue weighted by atomic mass is 10.2. The third kappa shape index (κ3) is 2.56. The molecule has 0 amide bonds. The highest BCUT2D eigenvalue weighted by Crippen LogP contribution is 2.16. The number of pyridine rings is 1. The first-order valence-corrected chi connectivity index (χ1v) is 6.09. The average molecular weight is 230 g/mol. The van der Waals surface area contributed by atoms with Crippen molar-refractivity contribution in [2.75, 3.05) is 31.1 Å². The number of nitriles is 1. The van der Waals surface area contributed by atoms with Crippen LogP contribution in [0.2, 0.25) is 0 Å². The number of likely N-dealkylation sites (N-methyl/N-ethyl adjacent to an activating group) is 1. The molecule has 0 N–H and O–H groups in total. The van der Waals surface area contributed by atoms with Crippen molar-refractivity contribution in [3.05, 3.63) is 23.9 Å². The van der Waals surface area contributed by atoms with Gasteiger partial charge in [0.15, 0.2) is 0 Å². The molecular formula is C13H18N4. The number of hydrogen-bond acceptors (Lipinski definition) is 4. The molecule has 4 heteroatoms.